The molecular weight excluding hydrogens is 428 g/mol. The molecule has 0 unspecified atom stereocenters. The first kappa shape index (κ1) is 21.8. The normalized spacial score (nSPS) is 19.7. The van der Waals surface area contributed by atoms with Crippen LogP contribution in [0.25, 0.3) is 5.57 Å². The van der Waals surface area contributed by atoms with Gasteiger partial charge in [0, 0.05) is 18.7 Å². The molecule has 2 aromatic rings. The monoisotopic (exact) mass is 449 g/mol. The van der Waals surface area contributed by atoms with Crippen molar-refractivity contribution in [1.82, 2.24) is 19.7 Å². The van der Waals surface area contributed by atoms with Crippen LogP contribution in [0.15, 0.2) is 30.9 Å². The number of carbonyl (C=O) groups is 2. The second-order valence-electron chi connectivity index (χ2n) is 7.48. The zero-order valence-electron chi connectivity index (χ0n) is 16.9. The van der Waals surface area contributed by atoms with Crippen LogP contribution in [0.4, 0.5) is 19.3 Å². The molecule has 0 aliphatic carbocycles. The summed E-state index contributed by atoms with van der Waals surface area (Å²) in [6.45, 7) is -0.142. The Kier molecular flexibility index (Phi) is 6.15. The van der Waals surface area contributed by atoms with Gasteiger partial charge in [-0.05, 0) is 24.1 Å². The number of ether oxygens (including phenoxy) is 1. The zero-order chi connectivity index (χ0) is 22.8. The van der Waals surface area contributed by atoms with Crippen LogP contribution in [0, 0.1) is 11.6 Å². The Morgan fingerprint density at radius 2 is 2.06 bits per heavy atom. The fourth-order valence-corrected chi connectivity index (χ4v) is 3.77. The summed E-state index contributed by atoms with van der Waals surface area (Å²) >= 11 is 0. The molecule has 1 aromatic heterocycles. The number of carbonyl (C=O) groups excluding carboxylic acids is 2. The van der Waals surface area contributed by atoms with Crippen LogP contribution in [0.1, 0.15) is 12.0 Å². The number of rotatable bonds is 6. The number of anilines is 1. The molecule has 2 amide bonds. The third-order valence-electron chi connectivity index (χ3n) is 5.37. The third kappa shape index (κ3) is 4.32. The lowest BCUT2D eigenvalue weighted by molar-refractivity contribution is -0.141. The molecule has 2 atom stereocenters. The van der Waals surface area contributed by atoms with Gasteiger partial charge in [0.2, 0.25) is 0 Å². The highest BCUT2D eigenvalue weighted by molar-refractivity contribution is 5.90. The summed E-state index contributed by atoms with van der Waals surface area (Å²) in [6.07, 6.45) is 1.72. The van der Waals surface area contributed by atoms with E-state index in [-0.39, 0.29) is 43.9 Å². The number of cyclic esters (lactones) is 1. The highest BCUT2D eigenvalue weighted by atomic mass is 19.1. The van der Waals surface area contributed by atoms with Crippen LogP contribution in [0.2, 0.25) is 0 Å². The molecule has 2 N–H and O–H groups in total. The molecule has 1 fully saturated rings. The largest absolute Gasteiger partial charge is 0.442 e. The van der Waals surface area contributed by atoms with Gasteiger partial charge >= 0.3 is 6.09 Å². The summed E-state index contributed by atoms with van der Waals surface area (Å²) in [5, 5.41) is 22.3. The minimum atomic E-state index is -1.52. The van der Waals surface area contributed by atoms with Crippen molar-refractivity contribution in [3.8, 4) is 0 Å². The van der Waals surface area contributed by atoms with Crippen molar-refractivity contribution in [2.45, 2.75) is 25.2 Å². The van der Waals surface area contributed by atoms with Crippen molar-refractivity contribution in [2.75, 3.05) is 31.1 Å². The van der Waals surface area contributed by atoms with Crippen LogP contribution in [0.5, 0.6) is 0 Å². The average Bonchev–Trinajstić information content (AvgIpc) is 3.42. The lowest BCUT2D eigenvalue weighted by Gasteiger charge is -2.28. The van der Waals surface area contributed by atoms with E-state index in [2.05, 4.69) is 10.1 Å². The molecule has 10 nitrogen and oxygen atoms in total. The van der Waals surface area contributed by atoms with E-state index in [4.69, 9.17) is 9.84 Å². The van der Waals surface area contributed by atoms with E-state index in [1.54, 1.807) is 0 Å². The van der Waals surface area contributed by atoms with Crippen LogP contribution < -0.4 is 4.90 Å². The number of nitrogens with zero attached hydrogens (tertiary/aromatic N) is 5. The number of aliphatic hydroxyl groups is 2. The summed E-state index contributed by atoms with van der Waals surface area (Å²) in [5.41, 5.74) is 0.187. The van der Waals surface area contributed by atoms with Gasteiger partial charge in [0.05, 0.1) is 25.4 Å². The molecule has 0 bridgehead atoms. The Morgan fingerprint density at radius 1 is 1.31 bits per heavy atom. The third-order valence-corrected chi connectivity index (χ3v) is 5.37. The summed E-state index contributed by atoms with van der Waals surface area (Å²) in [4.78, 5) is 30.4. The van der Waals surface area contributed by atoms with E-state index < -0.39 is 42.4 Å². The number of hydrogen-bond acceptors (Lipinski definition) is 7. The predicted octanol–water partition coefficient (Wildman–Crippen LogP) is 0.551. The van der Waals surface area contributed by atoms with Gasteiger partial charge in [0.15, 0.2) is 6.10 Å². The first-order valence-corrected chi connectivity index (χ1v) is 9.94. The Hall–Kier alpha value is -3.38. The second kappa shape index (κ2) is 9.01. The first-order chi connectivity index (χ1) is 15.4. The fourth-order valence-electron chi connectivity index (χ4n) is 3.77. The molecule has 2 aliphatic rings. The van der Waals surface area contributed by atoms with Gasteiger partial charge < -0.3 is 19.8 Å². The van der Waals surface area contributed by atoms with E-state index in [1.807, 2.05) is 0 Å². The topological polar surface area (TPSA) is 121 Å². The lowest BCUT2D eigenvalue weighted by Crippen LogP contribution is -2.42. The van der Waals surface area contributed by atoms with Crippen molar-refractivity contribution < 1.29 is 33.3 Å². The van der Waals surface area contributed by atoms with E-state index in [1.165, 1.54) is 28.3 Å². The van der Waals surface area contributed by atoms with Crippen LogP contribution >= 0.6 is 0 Å². The summed E-state index contributed by atoms with van der Waals surface area (Å²) in [7, 11) is 0. The number of amides is 2. The standard InChI is InChI=1S/C20H21F2N5O5/c21-15-5-13(27-8-14(32-20(27)31)7-26-11-23-10-24-26)6-16(22)18(15)12-1-3-25(4-2-12)19(30)17(29)9-28/h1,5-6,10-11,14,17,28-29H,2-4,7-9H2/t14-,17-/m0/s1. The second-order valence-corrected chi connectivity index (χ2v) is 7.48. The Morgan fingerprint density at radius 3 is 2.66 bits per heavy atom. The quantitative estimate of drug-likeness (QED) is 0.661. The molecule has 1 saturated heterocycles. The minimum absolute atomic E-state index is 0.0362. The minimum Gasteiger partial charge on any atom is -0.442 e. The predicted molar refractivity (Wildman–Crippen MR) is 106 cm³/mol. The SMILES string of the molecule is O=C([C@@H](O)CO)N1CC=C(c2c(F)cc(N3C[C@H](Cn4cncn4)OC3=O)cc2F)CC1. The van der Waals surface area contributed by atoms with Gasteiger partial charge in [-0.1, -0.05) is 6.08 Å². The van der Waals surface area contributed by atoms with Gasteiger partial charge in [-0.25, -0.2) is 23.2 Å². The maximum Gasteiger partial charge on any atom is 0.414 e. The van der Waals surface area contributed by atoms with Crippen molar-refractivity contribution >= 4 is 23.3 Å². The molecule has 0 spiro atoms. The smallest absolute Gasteiger partial charge is 0.414 e. The number of halogens is 2. The van der Waals surface area contributed by atoms with Gasteiger partial charge in [0.1, 0.15) is 30.4 Å². The van der Waals surface area contributed by atoms with Gasteiger partial charge in [-0.2, -0.15) is 5.10 Å². The van der Waals surface area contributed by atoms with Gasteiger partial charge in [-0.15, -0.1) is 0 Å². The van der Waals surface area contributed by atoms with Crippen LogP contribution in [0.3, 0.4) is 0 Å². The highest BCUT2D eigenvalue weighted by Gasteiger charge is 2.34. The van der Waals surface area contributed by atoms with Crippen LogP contribution in [-0.4, -0.2) is 80.3 Å². The summed E-state index contributed by atoms with van der Waals surface area (Å²) < 4.78 is 36.5. The molecule has 0 radical (unpaired) electrons. The number of benzene rings is 1. The van der Waals surface area contributed by atoms with E-state index in [9.17, 15) is 23.5 Å². The van der Waals surface area contributed by atoms with Crippen LogP contribution in [-0.2, 0) is 16.1 Å². The van der Waals surface area contributed by atoms with Crippen molar-refractivity contribution in [3.05, 3.63) is 48.1 Å². The van der Waals surface area contributed by atoms with E-state index >= 15 is 0 Å². The summed E-state index contributed by atoms with van der Waals surface area (Å²) in [6, 6.07) is 2.15. The molecule has 2 aliphatic heterocycles. The molecule has 1 aromatic carbocycles. The maximum absolute atomic E-state index is 14.9. The maximum atomic E-state index is 14.9. The molecule has 170 valence electrons. The molecule has 32 heavy (non-hydrogen) atoms. The Bertz CT molecular complexity index is 1020. The molecular formula is C20H21F2N5O5. The van der Waals surface area contributed by atoms with Gasteiger partial charge in [0.25, 0.3) is 5.91 Å². The number of aliphatic hydroxyl groups excluding tert-OH is 2. The fraction of sp³-hybridized carbons (Fsp3) is 0.400. The van der Waals surface area contributed by atoms with E-state index in [0.717, 1.165) is 17.0 Å². The average molecular weight is 449 g/mol. The Balaban J connectivity index is 1.49. The van der Waals surface area contributed by atoms with Gasteiger partial charge in [-0.3, -0.25) is 9.69 Å². The number of aromatic nitrogens is 3. The van der Waals surface area contributed by atoms with Crippen molar-refractivity contribution in [2.24, 2.45) is 0 Å². The Labute approximate surface area is 181 Å². The highest BCUT2D eigenvalue weighted by Crippen LogP contribution is 2.32. The number of hydrogen-bond donors (Lipinski definition) is 2. The molecule has 0 saturated carbocycles. The molecule has 12 heteroatoms. The molecule has 4 rings (SSSR count). The zero-order valence-corrected chi connectivity index (χ0v) is 16.9. The van der Waals surface area contributed by atoms with Crippen molar-refractivity contribution in [1.29, 1.82) is 0 Å². The van der Waals surface area contributed by atoms with E-state index in [0.29, 0.717) is 5.57 Å². The lowest BCUT2D eigenvalue weighted by atomic mass is 9.97. The van der Waals surface area contributed by atoms with Crippen molar-refractivity contribution in [3.63, 3.8) is 0 Å². The first-order valence-electron chi connectivity index (χ1n) is 9.94. The molecule has 3 heterocycles. The summed E-state index contributed by atoms with van der Waals surface area (Å²) in [5.74, 6) is -2.32.